The van der Waals surface area contributed by atoms with Gasteiger partial charge in [0.25, 0.3) is 0 Å². The van der Waals surface area contributed by atoms with E-state index in [0.717, 1.165) is 24.5 Å². The third-order valence-corrected chi connectivity index (χ3v) is 2.23. The second-order valence-corrected chi connectivity index (χ2v) is 4.12. The van der Waals surface area contributed by atoms with Crippen LogP contribution in [0.2, 0.25) is 0 Å². The highest BCUT2D eigenvalue weighted by Crippen LogP contribution is 2.19. The Bertz CT molecular complexity index is 316. The Kier molecular flexibility index (Phi) is 6.43. The normalized spacial score (nSPS) is 10.6. The van der Waals surface area contributed by atoms with Crippen molar-refractivity contribution in [1.29, 1.82) is 0 Å². The molecule has 0 saturated heterocycles. The van der Waals surface area contributed by atoms with Gasteiger partial charge in [-0.1, -0.05) is 6.07 Å². The third-order valence-electron chi connectivity index (χ3n) is 2.23. The first-order valence-corrected chi connectivity index (χ1v) is 5.93. The van der Waals surface area contributed by atoms with E-state index in [0.29, 0.717) is 19.8 Å². The first kappa shape index (κ1) is 13.8. The predicted octanol–water partition coefficient (Wildman–Crippen LogP) is 1.35. The lowest BCUT2D eigenvalue weighted by molar-refractivity contribution is 0.258. The quantitative estimate of drug-likeness (QED) is 0.695. The maximum atomic E-state index is 5.62. The third kappa shape index (κ3) is 6.14. The predicted molar refractivity (Wildman–Crippen MR) is 69.7 cm³/mol. The Morgan fingerprint density at radius 1 is 1.12 bits per heavy atom. The maximum Gasteiger partial charge on any atom is 0.123 e. The van der Waals surface area contributed by atoms with E-state index >= 15 is 0 Å². The number of nitrogens with two attached hydrogens (primary N) is 1. The first-order valence-electron chi connectivity index (χ1n) is 5.93. The molecule has 0 fully saturated rings. The van der Waals surface area contributed by atoms with E-state index in [1.807, 2.05) is 38.4 Å². The van der Waals surface area contributed by atoms with Crippen LogP contribution in [0.1, 0.15) is 6.42 Å². The summed E-state index contributed by atoms with van der Waals surface area (Å²) in [7, 11) is 4.05. The molecule has 0 aliphatic carbocycles. The van der Waals surface area contributed by atoms with Gasteiger partial charge in [-0.25, -0.2) is 0 Å². The molecular formula is C13H22N2O2. The summed E-state index contributed by atoms with van der Waals surface area (Å²) in [5.41, 5.74) is 5.41. The Balaban J connectivity index is 2.37. The molecule has 0 aliphatic rings. The smallest absolute Gasteiger partial charge is 0.123 e. The van der Waals surface area contributed by atoms with E-state index in [9.17, 15) is 0 Å². The lowest BCUT2D eigenvalue weighted by Crippen LogP contribution is -2.19. The molecule has 4 nitrogen and oxygen atoms in total. The Morgan fingerprint density at radius 2 is 1.76 bits per heavy atom. The minimum atomic E-state index is 0.650. The van der Waals surface area contributed by atoms with E-state index in [1.165, 1.54) is 0 Å². The van der Waals surface area contributed by atoms with Gasteiger partial charge in [-0.2, -0.15) is 0 Å². The molecule has 0 unspecified atom stereocenters. The van der Waals surface area contributed by atoms with Gasteiger partial charge in [0.05, 0.1) is 6.61 Å². The number of nitrogens with zero attached hydrogens (tertiary/aromatic N) is 1. The van der Waals surface area contributed by atoms with Gasteiger partial charge in [-0.3, -0.25) is 0 Å². The lowest BCUT2D eigenvalue weighted by Gasteiger charge is -2.12. The van der Waals surface area contributed by atoms with Crippen molar-refractivity contribution in [2.45, 2.75) is 6.42 Å². The van der Waals surface area contributed by atoms with E-state index in [-0.39, 0.29) is 0 Å². The molecule has 96 valence electrons. The highest BCUT2D eigenvalue weighted by Gasteiger charge is 1.98. The molecule has 0 spiro atoms. The van der Waals surface area contributed by atoms with Gasteiger partial charge in [-0.15, -0.1) is 0 Å². The minimum absolute atomic E-state index is 0.650. The number of rotatable bonds is 8. The molecule has 1 aromatic rings. The molecule has 0 aliphatic heterocycles. The van der Waals surface area contributed by atoms with Crippen LogP contribution in [0.25, 0.3) is 0 Å². The van der Waals surface area contributed by atoms with Gasteiger partial charge < -0.3 is 20.1 Å². The van der Waals surface area contributed by atoms with Crippen molar-refractivity contribution in [2.24, 2.45) is 5.73 Å². The topological polar surface area (TPSA) is 47.7 Å². The van der Waals surface area contributed by atoms with Gasteiger partial charge >= 0.3 is 0 Å². The average molecular weight is 238 g/mol. The fourth-order valence-electron chi connectivity index (χ4n) is 1.27. The molecule has 4 heteroatoms. The molecule has 0 heterocycles. The molecule has 17 heavy (non-hydrogen) atoms. The molecule has 2 N–H and O–H groups in total. The zero-order valence-electron chi connectivity index (χ0n) is 10.7. The molecule has 1 rings (SSSR count). The summed E-state index contributed by atoms with van der Waals surface area (Å²) in [6, 6.07) is 7.70. The highest BCUT2D eigenvalue weighted by molar-refractivity contribution is 5.32. The summed E-state index contributed by atoms with van der Waals surface area (Å²) in [5, 5.41) is 0. The van der Waals surface area contributed by atoms with Crippen molar-refractivity contribution < 1.29 is 9.47 Å². The number of benzene rings is 1. The molecule has 0 aromatic heterocycles. The van der Waals surface area contributed by atoms with Crippen LogP contribution in [0.5, 0.6) is 11.5 Å². The van der Waals surface area contributed by atoms with E-state index in [2.05, 4.69) is 4.90 Å². The molecule has 0 bridgehead atoms. The van der Waals surface area contributed by atoms with Crippen molar-refractivity contribution in [3.63, 3.8) is 0 Å². The zero-order valence-corrected chi connectivity index (χ0v) is 10.7. The summed E-state index contributed by atoms with van der Waals surface area (Å²) in [4.78, 5) is 2.08. The SMILES string of the molecule is CN(C)CCOc1cccc(OCCCN)c1. The summed E-state index contributed by atoms with van der Waals surface area (Å²) in [5.74, 6) is 1.68. The molecule has 0 amide bonds. The van der Waals surface area contributed by atoms with Crippen LogP contribution in [0.4, 0.5) is 0 Å². The van der Waals surface area contributed by atoms with Crippen LogP contribution < -0.4 is 15.2 Å². The van der Waals surface area contributed by atoms with Crippen molar-refractivity contribution in [1.82, 2.24) is 4.90 Å². The van der Waals surface area contributed by atoms with Crippen LogP contribution in [0, 0.1) is 0 Å². The molecular weight excluding hydrogens is 216 g/mol. The summed E-state index contributed by atoms with van der Waals surface area (Å²) in [6.07, 6.45) is 0.867. The standard InChI is InChI=1S/C13H22N2O2/c1-15(2)8-10-17-13-6-3-5-12(11-13)16-9-4-7-14/h3,5-6,11H,4,7-10,14H2,1-2H3. The number of likely N-dealkylation sites (N-methyl/N-ethyl adjacent to an activating group) is 1. The lowest BCUT2D eigenvalue weighted by atomic mass is 10.3. The van der Waals surface area contributed by atoms with Crippen LogP contribution >= 0.6 is 0 Å². The summed E-state index contributed by atoms with van der Waals surface area (Å²) in [6.45, 7) is 2.88. The van der Waals surface area contributed by atoms with E-state index in [1.54, 1.807) is 0 Å². The van der Waals surface area contributed by atoms with Crippen LogP contribution in [-0.4, -0.2) is 45.3 Å². The average Bonchev–Trinajstić information content (AvgIpc) is 2.29. The Labute approximate surface area is 103 Å². The van der Waals surface area contributed by atoms with Crippen molar-refractivity contribution in [3.05, 3.63) is 24.3 Å². The largest absolute Gasteiger partial charge is 0.493 e. The Morgan fingerprint density at radius 3 is 2.35 bits per heavy atom. The van der Waals surface area contributed by atoms with Crippen molar-refractivity contribution in [3.8, 4) is 11.5 Å². The van der Waals surface area contributed by atoms with Crippen molar-refractivity contribution in [2.75, 3.05) is 40.4 Å². The zero-order chi connectivity index (χ0) is 12.5. The number of hydrogen-bond donors (Lipinski definition) is 1. The van der Waals surface area contributed by atoms with E-state index in [4.69, 9.17) is 15.2 Å². The van der Waals surface area contributed by atoms with Crippen molar-refractivity contribution >= 4 is 0 Å². The first-order chi connectivity index (χ1) is 8.22. The Hall–Kier alpha value is -1.26. The second-order valence-electron chi connectivity index (χ2n) is 4.12. The van der Waals surface area contributed by atoms with Gasteiger partial charge in [-0.05, 0) is 39.2 Å². The van der Waals surface area contributed by atoms with Crippen LogP contribution in [0.3, 0.4) is 0 Å². The van der Waals surface area contributed by atoms with Gasteiger partial charge in [0.15, 0.2) is 0 Å². The highest BCUT2D eigenvalue weighted by atomic mass is 16.5. The number of ether oxygens (including phenoxy) is 2. The summed E-state index contributed by atoms with van der Waals surface area (Å²) >= 11 is 0. The fraction of sp³-hybridized carbons (Fsp3) is 0.538. The van der Waals surface area contributed by atoms with Crippen LogP contribution in [-0.2, 0) is 0 Å². The van der Waals surface area contributed by atoms with Gasteiger partial charge in [0.1, 0.15) is 18.1 Å². The summed E-state index contributed by atoms with van der Waals surface area (Å²) < 4.78 is 11.2. The minimum Gasteiger partial charge on any atom is -0.493 e. The van der Waals surface area contributed by atoms with Crippen LogP contribution in [0.15, 0.2) is 24.3 Å². The maximum absolute atomic E-state index is 5.62. The fourth-order valence-corrected chi connectivity index (χ4v) is 1.27. The number of hydrogen-bond acceptors (Lipinski definition) is 4. The molecule has 0 radical (unpaired) electrons. The molecule has 0 atom stereocenters. The molecule has 0 saturated carbocycles. The second kappa shape index (κ2) is 7.92. The van der Waals surface area contributed by atoms with E-state index < -0.39 is 0 Å². The van der Waals surface area contributed by atoms with Gasteiger partial charge in [0.2, 0.25) is 0 Å². The molecule has 1 aromatic carbocycles. The van der Waals surface area contributed by atoms with Gasteiger partial charge in [0, 0.05) is 12.6 Å². The monoisotopic (exact) mass is 238 g/mol.